The number of aryl methyl sites for hydroxylation is 1. The molecule has 0 bridgehead atoms. The van der Waals surface area contributed by atoms with E-state index in [1.807, 2.05) is 0 Å². The van der Waals surface area contributed by atoms with Gasteiger partial charge in [0.15, 0.2) is 5.82 Å². The predicted molar refractivity (Wildman–Crippen MR) is 54.8 cm³/mol. The quantitative estimate of drug-likeness (QED) is 0.765. The van der Waals surface area contributed by atoms with Crippen LogP contribution in [0.15, 0.2) is 4.52 Å². The van der Waals surface area contributed by atoms with Gasteiger partial charge in [-0.15, -0.1) is 0 Å². The molecule has 1 aromatic heterocycles. The molecule has 6 heteroatoms. The van der Waals surface area contributed by atoms with E-state index >= 15 is 0 Å². The van der Waals surface area contributed by atoms with Gasteiger partial charge in [-0.05, 0) is 6.92 Å². The van der Waals surface area contributed by atoms with Crippen LogP contribution >= 0.6 is 0 Å². The van der Waals surface area contributed by atoms with E-state index in [2.05, 4.69) is 20.4 Å². The van der Waals surface area contributed by atoms with Gasteiger partial charge in [-0.25, -0.2) is 0 Å². The van der Waals surface area contributed by atoms with Crippen molar-refractivity contribution in [3.05, 3.63) is 5.82 Å². The lowest BCUT2D eigenvalue weighted by atomic mass is 10.4. The van der Waals surface area contributed by atoms with E-state index in [1.165, 1.54) is 0 Å². The van der Waals surface area contributed by atoms with E-state index in [9.17, 15) is 0 Å². The first-order valence-corrected chi connectivity index (χ1v) is 5.19. The molecule has 1 aliphatic heterocycles. The summed E-state index contributed by atoms with van der Waals surface area (Å²) in [7, 11) is 0. The summed E-state index contributed by atoms with van der Waals surface area (Å²) in [5.74, 6) is 0.656. The number of nitrogens with zero attached hydrogens (tertiary/aromatic N) is 3. The molecule has 0 aromatic carbocycles. The van der Waals surface area contributed by atoms with E-state index in [0.717, 1.165) is 39.4 Å². The van der Waals surface area contributed by atoms with Crippen molar-refractivity contribution in [2.45, 2.75) is 6.92 Å². The molecule has 0 amide bonds. The zero-order valence-corrected chi connectivity index (χ0v) is 8.90. The van der Waals surface area contributed by atoms with Gasteiger partial charge in [0.2, 0.25) is 0 Å². The highest BCUT2D eigenvalue weighted by atomic mass is 16.5. The zero-order valence-electron chi connectivity index (χ0n) is 8.90. The number of morpholine rings is 1. The summed E-state index contributed by atoms with van der Waals surface area (Å²) in [4.78, 5) is 6.41. The van der Waals surface area contributed by atoms with Gasteiger partial charge in [-0.2, -0.15) is 4.98 Å². The summed E-state index contributed by atoms with van der Waals surface area (Å²) >= 11 is 0. The Labute approximate surface area is 88.6 Å². The first kappa shape index (κ1) is 10.4. The Hall–Kier alpha value is -1.14. The third kappa shape index (κ3) is 3.17. The molecule has 1 aromatic rings. The molecule has 6 nitrogen and oxygen atoms in total. The van der Waals surface area contributed by atoms with Gasteiger partial charge in [0.25, 0.3) is 0 Å². The number of nitrogens with one attached hydrogen (secondary N) is 1. The fourth-order valence-electron chi connectivity index (χ4n) is 1.51. The molecular formula is C9H16N4O2. The van der Waals surface area contributed by atoms with Gasteiger partial charge in [-0.1, -0.05) is 5.16 Å². The minimum Gasteiger partial charge on any atom is -0.379 e. The van der Waals surface area contributed by atoms with E-state index < -0.39 is 0 Å². The van der Waals surface area contributed by atoms with Crippen molar-refractivity contribution in [2.24, 2.45) is 0 Å². The number of ether oxygens (including phenoxy) is 1. The Balaban J connectivity index is 1.65. The van der Waals surface area contributed by atoms with Crippen LogP contribution in [0.3, 0.4) is 0 Å². The average Bonchev–Trinajstić information content (AvgIpc) is 2.66. The molecule has 1 saturated heterocycles. The van der Waals surface area contributed by atoms with Crippen molar-refractivity contribution < 1.29 is 9.26 Å². The summed E-state index contributed by atoms with van der Waals surface area (Å²) in [6, 6.07) is 0.501. The molecule has 0 saturated carbocycles. The monoisotopic (exact) mass is 212 g/mol. The Morgan fingerprint density at radius 2 is 2.20 bits per heavy atom. The number of hydrogen-bond donors (Lipinski definition) is 1. The average molecular weight is 212 g/mol. The molecule has 84 valence electrons. The van der Waals surface area contributed by atoms with Gasteiger partial charge in [0.05, 0.1) is 13.2 Å². The summed E-state index contributed by atoms with van der Waals surface area (Å²) < 4.78 is 10.2. The van der Waals surface area contributed by atoms with E-state index in [0.29, 0.717) is 11.8 Å². The van der Waals surface area contributed by atoms with Crippen LogP contribution in [0.1, 0.15) is 5.82 Å². The second kappa shape index (κ2) is 5.09. The Morgan fingerprint density at radius 1 is 1.40 bits per heavy atom. The summed E-state index contributed by atoms with van der Waals surface area (Å²) in [5, 5.41) is 6.79. The van der Waals surface area contributed by atoms with Crippen molar-refractivity contribution in [2.75, 3.05) is 44.7 Å². The normalized spacial score (nSPS) is 17.9. The molecule has 0 atom stereocenters. The third-order valence-corrected chi connectivity index (χ3v) is 2.34. The maximum atomic E-state index is 5.26. The van der Waals surface area contributed by atoms with Gasteiger partial charge < -0.3 is 14.6 Å². The lowest BCUT2D eigenvalue weighted by molar-refractivity contribution is 0.0398. The van der Waals surface area contributed by atoms with E-state index in [1.54, 1.807) is 6.92 Å². The minimum atomic E-state index is 0.501. The van der Waals surface area contributed by atoms with Gasteiger partial charge in [0, 0.05) is 26.2 Å². The fraction of sp³-hybridized carbons (Fsp3) is 0.778. The van der Waals surface area contributed by atoms with Crippen molar-refractivity contribution in [3.63, 3.8) is 0 Å². The molecule has 1 fully saturated rings. The predicted octanol–water partition coefficient (Wildman–Crippen LogP) is 0.122. The minimum absolute atomic E-state index is 0.501. The van der Waals surface area contributed by atoms with Crippen LogP contribution < -0.4 is 5.32 Å². The van der Waals surface area contributed by atoms with Crippen molar-refractivity contribution in [1.82, 2.24) is 15.0 Å². The Bertz CT molecular complexity index is 296. The van der Waals surface area contributed by atoms with Gasteiger partial charge >= 0.3 is 6.01 Å². The number of rotatable bonds is 4. The first-order valence-electron chi connectivity index (χ1n) is 5.19. The molecule has 1 aliphatic rings. The fourth-order valence-corrected chi connectivity index (χ4v) is 1.51. The molecule has 0 spiro atoms. The van der Waals surface area contributed by atoms with Gasteiger partial charge in [-0.3, -0.25) is 4.90 Å². The molecule has 0 unspecified atom stereocenters. The van der Waals surface area contributed by atoms with Gasteiger partial charge in [0.1, 0.15) is 0 Å². The number of aromatic nitrogens is 2. The Kier molecular flexibility index (Phi) is 3.52. The SMILES string of the molecule is Cc1noc(NCCN2CCOCC2)n1. The van der Waals surface area contributed by atoms with Crippen LogP contribution in [0, 0.1) is 6.92 Å². The molecule has 1 N–H and O–H groups in total. The maximum absolute atomic E-state index is 5.26. The van der Waals surface area contributed by atoms with E-state index in [-0.39, 0.29) is 0 Å². The lowest BCUT2D eigenvalue weighted by Crippen LogP contribution is -2.39. The molecule has 15 heavy (non-hydrogen) atoms. The highest BCUT2D eigenvalue weighted by Gasteiger charge is 2.09. The lowest BCUT2D eigenvalue weighted by Gasteiger charge is -2.26. The highest BCUT2D eigenvalue weighted by molar-refractivity contribution is 5.17. The van der Waals surface area contributed by atoms with Crippen LogP contribution in [-0.2, 0) is 4.74 Å². The first-order chi connectivity index (χ1) is 7.34. The molecular weight excluding hydrogens is 196 g/mol. The summed E-state index contributed by atoms with van der Waals surface area (Å²) in [6.07, 6.45) is 0. The van der Waals surface area contributed by atoms with Crippen LogP contribution in [0.2, 0.25) is 0 Å². The van der Waals surface area contributed by atoms with Crippen molar-refractivity contribution in [3.8, 4) is 0 Å². The summed E-state index contributed by atoms with van der Waals surface area (Å²) in [5.41, 5.74) is 0. The van der Waals surface area contributed by atoms with Crippen LogP contribution in [0.4, 0.5) is 6.01 Å². The third-order valence-electron chi connectivity index (χ3n) is 2.34. The van der Waals surface area contributed by atoms with Crippen LogP contribution in [-0.4, -0.2) is 54.4 Å². The van der Waals surface area contributed by atoms with Crippen LogP contribution in [0.25, 0.3) is 0 Å². The summed E-state index contributed by atoms with van der Waals surface area (Å²) in [6.45, 7) is 7.28. The number of anilines is 1. The zero-order chi connectivity index (χ0) is 10.5. The molecule has 0 radical (unpaired) electrons. The van der Waals surface area contributed by atoms with Crippen molar-refractivity contribution >= 4 is 6.01 Å². The van der Waals surface area contributed by atoms with E-state index in [4.69, 9.17) is 9.26 Å². The van der Waals surface area contributed by atoms with Crippen LogP contribution in [0.5, 0.6) is 0 Å². The standard InChI is InChI=1S/C9H16N4O2/c1-8-11-9(15-12-8)10-2-3-13-4-6-14-7-5-13/h2-7H2,1H3,(H,10,11,12). The van der Waals surface area contributed by atoms with Crippen molar-refractivity contribution in [1.29, 1.82) is 0 Å². The largest absolute Gasteiger partial charge is 0.379 e. The molecule has 2 heterocycles. The maximum Gasteiger partial charge on any atom is 0.321 e. The number of hydrogen-bond acceptors (Lipinski definition) is 6. The highest BCUT2D eigenvalue weighted by Crippen LogP contribution is 2.02. The Morgan fingerprint density at radius 3 is 2.87 bits per heavy atom. The smallest absolute Gasteiger partial charge is 0.321 e. The second-order valence-electron chi connectivity index (χ2n) is 3.53. The second-order valence-corrected chi connectivity index (χ2v) is 3.53. The molecule has 2 rings (SSSR count). The molecule has 0 aliphatic carbocycles. The topological polar surface area (TPSA) is 63.4 Å².